The normalized spacial score (nSPS) is 15.9. The van der Waals surface area contributed by atoms with Crippen molar-refractivity contribution in [3.05, 3.63) is 168 Å². The third-order valence-electron chi connectivity index (χ3n) is 10.3. The molecule has 1 saturated carbocycles. The van der Waals surface area contributed by atoms with Gasteiger partial charge in [0.2, 0.25) is 0 Å². The Morgan fingerprint density at radius 3 is 0.889 bits per heavy atom. The van der Waals surface area contributed by atoms with Crippen LogP contribution < -0.4 is 9.47 Å². The predicted molar refractivity (Wildman–Crippen MR) is 222 cm³/mol. The van der Waals surface area contributed by atoms with E-state index in [4.69, 9.17) is 9.47 Å². The lowest BCUT2D eigenvalue weighted by molar-refractivity contribution is -0.145. The van der Waals surface area contributed by atoms with E-state index < -0.39 is 21.8 Å². The molecule has 6 heteroatoms. The third-order valence-corrected chi connectivity index (χ3v) is 15.1. The zero-order chi connectivity index (χ0) is 37.6. The van der Waals surface area contributed by atoms with Crippen molar-refractivity contribution in [2.24, 2.45) is 11.8 Å². The fourth-order valence-electron chi connectivity index (χ4n) is 7.57. The molecule has 6 aromatic carbocycles. The molecule has 276 valence electrons. The van der Waals surface area contributed by atoms with Crippen molar-refractivity contribution in [2.45, 2.75) is 82.8 Å². The summed E-state index contributed by atoms with van der Waals surface area (Å²) in [6.45, 7) is 8.10. The Balaban J connectivity index is 1.00. The van der Waals surface area contributed by atoms with Crippen molar-refractivity contribution in [3.8, 4) is 11.5 Å². The van der Waals surface area contributed by atoms with Gasteiger partial charge < -0.3 is 9.47 Å². The fourth-order valence-corrected chi connectivity index (χ4v) is 12.5. The van der Waals surface area contributed by atoms with Crippen LogP contribution in [-0.4, -0.2) is 11.9 Å². The van der Waals surface area contributed by atoms with Gasteiger partial charge in [-0.3, -0.25) is 9.59 Å². The van der Waals surface area contributed by atoms with Gasteiger partial charge in [0.05, 0.1) is 11.8 Å². The van der Waals surface area contributed by atoms with Crippen LogP contribution >= 0.6 is 21.8 Å². The van der Waals surface area contributed by atoms with Crippen LogP contribution in [0.3, 0.4) is 0 Å². The van der Waals surface area contributed by atoms with E-state index in [0.29, 0.717) is 37.2 Å². The molecule has 0 saturated heterocycles. The fraction of sp³-hybridized carbons (Fsp3) is 0.208. The summed E-state index contributed by atoms with van der Waals surface area (Å²) in [6, 6.07) is 51.1. The Hall–Kier alpha value is -5.04. The highest BCUT2D eigenvalue weighted by atomic mass is 32.2. The molecule has 6 aromatic rings. The third kappa shape index (κ3) is 8.36. The van der Waals surface area contributed by atoms with Gasteiger partial charge in [0, 0.05) is 0 Å². The highest BCUT2D eigenvalue weighted by Crippen LogP contribution is 2.53. The summed E-state index contributed by atoms with van der Waals surface area (Å²) in [4.78, 5) is 34.7. The van der Waals surface area contributed by atoms with Crippen LogP contribution in [0.2, 0.25) is 0 Å². The van der Waals surface area contributed by atoms with Crippen molar-refractivity contribution in [1.82, 2.24) is 0 Å². The molecule has 1 aliphatic carbocycles. The zero-order valence-corrected chi connectivity index (χ0v) is 33.2. The Morgan fingerprint density at radius 2 is 0.648 bits per heavy atom. The summed E-state index contributed by atoms with van der Waals surface area (Å²) in [5, 5.41) is 0. The monoisotopic (exact) mass is 752 g/mol. The summed E-state index contributed by atoms with van der Waals surface area (Å²) in [6.07, 6.45) is 2.38. The van der Waals surface area contributed by atoms with Crippen molar-refractivity contribution >= 4 is 33.7 Å². The molecule has 0 amide bonds. The summed E-state index contributed by atoms with van der Waals surface area (Å²) in [5.41, 5.74) is 3.80. The molecule has 0 aromatic heterocycles. The number of rotatable bonds is 10. The van der Waals surface area contributed by atoms with Crippen LogP contribution in [0.1, 0.15) is 47.9 Å². The largest absolute Gasteiger partial charge is 0.426 e. The standard InChI is InChI=1S/C48H48O4S2/c1-33-29-43(53(39-17-9-5-10-18-39)40-19-11-6-12-20-40)30-34(2)45(33)51-47(49)37-25-27-38(28-26-37)48(50)52-46-35(3)31-44(32-36(46)4)54(41-21-13-7-14-22-41)42-23-15-8-16-24-42/h5-24,29-32,37-38,53-54H,25-28H2,1-4H3. The van der Waals surface area contributed by atoms with Crippen molar-refractivity contribution in [2.75, 3.05) is 0 Å². The van der Waals surface area contributed by atoms with Gasteiger partial charge in [-0.2, -0.15) is 21.8 Å². The second-order valence-electron chi connectivity index (χ2n) is 14.2. The lowest BCUT2D eigenvalue weighted by Crippen LogP contribution is -2.30. The number of carbonyl (C=O) groups excluding carboxylic acids is 2. The number of ether oxygens (including phenoxy) is 2. The summed E-state index contributed by atoms with van der Waals surface area (Å²) >= 11 is 0. The molecule has 0 atom stereocenters. The first-order chi connectivity index (χ1) is 26.3. The van der Waals surface area contributed by atoms with Gasteiger partial charge in [0.1, 0.15) is 11.5 Å². The van der Waals surface area contributed by atoms with Gasteiger partial charge >= 0.3 is 11.9 Å². The quantitative estimate of drug-likeness (QED) is 0.0831. The van der Waals surface area contributed by atoms with Gasteiger partial charge in [-0.25, -0.2) is 0 Å². The smallest absolute Gasteiger partial charge is 0.314 e. The summed E-state index contributed by atoms with van der Waals surface area (Å²) in [7, 11) is -1.53. The van der Waals surface area contributed by atoms with Gasteiger partial charge in [0.15, 0.2) is 0 Å². The number of carbonyl (C=O) groups is 2. The average Bonchev–Trinajstić information content (AvgIpc) is 3.19. The Labute approximate surface area is 325 Å². The van der Waals surface area contributed by atoms with E-state index in [9.17, 15) is 9.59 Å². The Kier molecular flexibility index (Phi) is 11.7. The van der Waals surface area contributed by atoms with Gasteiger partial charge in [-0.15, -0.1) is 0 Å². The molecular formula is C48H48O4S2. The minimum atomic E-state index is -0.765. The van der Waals surface area contributed by atoms with E-state index >= 15 is 0 Å². The Bertz CT molecular complexity index is 1930. The van der Waals surface area contributed by atoms with E-state index in [1.807, 2.05) is 52.0 Å². The van der Waals surface area contributed by atoms with Crippen LogP contribution in [0.15, 0.2) is 175 Å². The van der Waals surface area contributed by atoms with Crippen molar-refractivity contribution < 1.29 is 19.1 Å². The van der Waals surface area contributed by atoms with Gasteiger partial charge in [0.25, 0.3) is 0 Å². The minimum Gasteiger partial charge on any atom is -0.426 e. The first-order valence-corrected chi connectivity index (χ1v) is 21.4. The lowest BCUT2D eigenvalue weighted by Gasteiger charge is -2.28. The number of thiol groups is 2. The predicted octanol–water partition coefficient (Wildman–Crippen LogP) is 12.2. The molecule has 1 aliphatic rings. The number of esters is 2. The molecule has 1 fully saturated rings. The molecule has 0 bridgehead atoms. The van der Waals surface area contributed by atoms with E-state index in [-0.39, 0.29) is 23.8 Å². The molecule has 0 unspecified atom stereocenters. The molecular weight excluding hydrogens is 705 g/mol. The molecule has 0 spiro atoms. The van der Waals surface area contributed by atoms with Gasteiger partial charge in [-0.05, 0) is 178 Å². The highest BCUT2D eigenvalue weighted by Gasteiger charge is 2.33. The molecule has 7 rings (SSSR count). The average molecular weight is 753 g/mol. The maximum atomic E-state index is 13.5. The van der Waals surface area contributed by atoms with E-state index in [1.54, 1.807) is 0 Å². The van der Waals surface area contributed by atoms with Crippen LogP contribution in [0.4, 0.5) is 0 Å². The minimum absolute atomic E-state index is 0.218. The van der Waals surface area contributed by atoms with Gasteiger partial charge in [-0.1, -0.05) is 72.8 Å². The number of hydrogen-bond donors (Lipinski definition) is 2. The second kappa shape index (κ2) is 17.0. The molecule has 0 heterocycles. The van der Waals surface area contributed by atoms with Crippen LogP contribution in [0.5, 0.6) is 11.5 Å². The molecule has 0 N–H and O–H groups in total. The first-order valence-electron chi connectivity index (χ1n) is 18.7. The van der Waals surface area contributed by atoms with Crippen LogP contribution in [0, 0.1) is 39.5 Å². The van der Waals surface area contributed by atoms with Crippen molar-refractivity contribution in [3.63, 3.8) is 0 Å². The number of aryl methyl sites for hydroxylation is 4. The maximum absolute atomic E-state index is 13.5. The van der Waals surface area contributed by atoms with E-state index in [1.165, 1.54) is 29.4 Å². The van der Waals surface area contributed by atoms with Crippen LogP contribution in [-0.2, 0) is 9.59 Å². The van der Waals surface area contributed by atoms with E-state index in [0.717, 1.165) is 22.3 Å². The topological polar surface area (TPSA) is 52.6 Å². The molecule has 0 radical (unpaired) electrons. The molecule has 54 heavy (non-hydrogen) atoms. The SMILES string of the molecule is Cc1cc([SH](c2ccccc2)c2ccccc2)cc(C)c1OC(=O)C1CCC(C(=O)Oc2c(C)cc([SH](c3ccccc3)c3ccccc3)cc2C)CC1. The summed E-state index contributed by atoms with van der Waals surface area (Å²) in [5.74, 6) is 0.333. The maximum Gasteiger partial charge on any atom is 0.314 e. The Morgan fingerprint density at radius 1 is 0.407 bits per heavy atom. The van der Waals surface area contributed by atoms with Crippen LogP contribution in [0.25, 0.3) is 0 Å². The first kappa shape index (κ1) is 37.3. The highest BCUT2D eigenvalue weighted by molar-refractivity contribution is 8.17. The number of benzene rings is 6. The lowest BCUT2D eigenvalue weighted by atomic mass is 9.82. The zero-order valence-electron chi connectivity index (χ0n) is 31.4. The van der Waals surface area contributed by atoms with Crippen molar-refractivity contribution in [1.29, 1.82) is 0 Å². The molecule has 0 aliphatic heterocycles. The second-order valence-corrected chi connectivity index (χ2v) is 18.7. The molecule has 4 nitrogen and oxygen atoms in total. The van der Waals surface area contributed by atoms with E-state index in [2.05, 4.69) is 121 Å². The number of hydrogen-bond acceptors (Lipinski definition) is 4. The summed E-state index contributed by atoms with van der Waals surface area (Å²) < 4.78 is 12.3.